The molecule has 170 valence electrons. The van der Waals surface area contributed by atoms with Crippen LogP contribution < -0.4 is 10.9 Å². The van der Waals surface area contributed by atoms with Gasteiger partial charge in [-0.05, 0) is 31.0 Å². The van der Waals surface area contributed by atoms with E-state index >= 15 is 0 Å². The Morgan fingerprint density at radius 1 is 1.10 bits per heavy atom. The van der Waals surface area contributed by atoms with Gasteiger partial charge in [0.05, 0.1) is 0 Å². The fourth-order valence-electron chi connectivity index (χ4n) is 2.23. The number of aromatic nitrogens is 3. The molecule has 3 heterocycles. The molecule has 4 rings (SSSR count). The van der Waals surface area contributed by atoms with E-state index in [0.717, 1.165) is 18.4 Å². The molecule has 8 heteroatoms. The summed E-state index contributed by atoms with van der Waals surface area (Å²) in [4.78, 5) is 29.9. The fourth-order valence-corrected chi connectivity index (χ4v) is 2.23. The number of para-hydroxylation sites is 2. The maximum Gasteiger partial charge on any atom is 0.269 e. The molecular weight excluding hydrogens is 394 g/mol. The molecule has 0 atom stereocenters. The van der Waals surface area contributed by atoms with Crippen LogP contribution in [0.3, 0.4) is 0 Å². The molecule has 0 spiro atoms. The minimum atomic E-state index is -0.250. The van der Waals surface area contributed by atoms with Crippen LogP contribution in [0.25, 0.3) is 22.7 Å². The summed E-state index contributed by atoms with van der Waals surface area (Å²) in [6, 6.07) is 10.4. The third-order valence-corrected chi connectivity index (χ3v) is 3.52. The summed E-state index contributed by atoms with van der Waals surface area (Å²) in [5, 5.41) is 8.70. The number of carbonyl (C=O) groups excluding carboxylic acids is 1. The van der Waals surface area contributed by atoms with Gasteiger partial charge in [-0.2, -0.15) is 5.10 Å². The van der Waals surface area contributed by atoms with Crippen LogP contribution in [-0.4, -0.2) is 34.4 Å². The molecule has 0 saturated carbocycles. The first-order valence-electron chi connectivity index (χ1n) is 10.0. The number of H-pyrrole nitrogens is 1. The van der Waals surface area contributed by atoms with Crippen LogP contribution in [-0.2, 0) is 4.79 Å². The van der Waals surface area contributed by atoms with Crippen molar-refractivity contribution in [3.8, 4) is 11.6 Å². The number of aromatic amines is 1. The molecule has 1 aliphatic rings. The summed E-state index contributed by atoms with van der Waals surface area (Å²) < 4.78 is 5.50. The van der Waals surface area contributed by atoms with Crippen LogP contribution in [0, 0.1) is 0 Å². The van der Waals surface area contributed by atoms with Crippen molar-refractivity contribution in [1.29, 1.82) is 0 Å². The number of carbonyl (C=O) groups is 1. The van der Waals surface area contributed by atoms with E-state index in [1.54, 1.807) is 19.3 Å². The Morgan fingerprint density at radius 3 is 2.35 bits per heavy atom. The summed E-state index contributed by atoms with van der Waals surface area (Å²) in [6.45, 7) is 8.00. The topological polar surface area (TPSA) is 113 Å². The van der Waals surface area contributed by atoms with E-state index in [9.17, 15) is 9.59 Å². The van der Waals surface area contributed by atoms with E-state index < -0.39 is 0 Å². The number of aliphatic imine (C=N–C) groups is 1. The van der Waals surface area contributed by atoms with Gasteiger partial charge in [-0.25, -0.2) is 10.1 Å². The van der Waals surface area contributed by atoms with Crippen molar-refractivity contribution in [2.75, 3.05) is 7.05 Å². The molecule has 8 nitrogen and oxygen atoms in total. The van der Waals surface area contributed by atoms with Crippen molar-refractivity contribution in [1.82, 2.24) is 20.5 Å². The van der Waals surface area contributed by atoms with Gasteiger partial charge in [0.1, 0.15) is 16.9 Å². The number of amides is 1. The van der Waals surface area contributed by atoms with Gasteiger partial charge < -0.3 is 9.73 Å². The van der Waals surface area contributed by atoms with Gasteiger partial charge in [-0.1, -0.05) is 53.3 Å². The van der Waals surface area contributed by atoms with Gasteiger partial charge in [0.2, 0.25) is 5.89 Å². The lowest BCUT2D eigenvalue weighted by molar-refractivity contribution is -0.117. The number of hydrogen-bond donors (Lipinski definition) is 2. The number of fused-ring (bicyclic) bond motifs is 1. The minimum Gasteiger partial charge on any atom is -0.435 e. The minimum absolute atomic E-state index is 0. The molecule has 0 fully saturated rings. The second-order valence-electron chi connectivity index (χ2n) is 5.35. The van der Waals surface area contributed by atoms with E-state index in [4.69, 9.17) is 4.42 Å². The zero-order valence-corrected chi connectivity index (χ0v) is 18.1. The average molecular weight is 430 g/mol. The van der Waals surface area contributed by atoms with E-state index in [1.165, 1.54) is 6.07 Å². The molecular formula is C23H35N5O3. The average Bonchev–Trinajstić information content (AvgIpc) is 3.27. The molecule has 1 amide bonds. The molecule has 0 saturated heterocycles. The number of nitrogens with zero attached hydrogens (tertiary/aromatic N) is 3. The monoisotopic (exact) mass is 429 g/mol. The van der Waals surface area contributed by atoms with Crippen molar-refractivity contribution in [2.45, 2.75) is 48.0 Å². The Hall–Kier alpha value is -3.55. The van der Waals surface area contributed by atoms with Crippen molar-refractivity contribution in [3.05, 3.63) is 58.5 Å². The molecule has 0 bridgehead atoms. The maximum absolute atomic E-state index is 10.9. The number of allylic oxidation sites excluding steroid dienone is 1. The standard InChI is InChI=1S/C11H7N3O2.C7H10N2O.2C2H6.CH4.H2/c15-10-6-5-8(13-14-10)11-12-7-3-1-2-4-9(7)16-11;1-8-7(10)6-4-2-3-5-9-6;2*1-2;;/h1-6H,(H,14,15);4-5H,2-3H2,1H3,(H,8,10);2*1-2H3;1H4;1H. The van der Waals surface area contributed by atoms with Gasteiger partial charge in [0.15, 0.2) is 5.58 Å². The first-order chi connectivity index (χ1) is 14.7. The number of hydrogen-bond acceptors (Lipinski definition) is 6. The summed E-state index contributed by atoms with van der Waals surface area (Å²) in [6.07, 6.45) is 5.48. The molecule has 0 aliphatic carbocycles. The van der Waals surface area contributed by atoms with E-state index in [2.05, 4.69) is 25.5 Å². The molecule has 3 aromatic rings. The van der Waals surface area contributed by atoms with Crippen molar-refractivity contribution in [3.63, 3.8) is 0 Å². The summed E-state index contributed by atoms with van der Waals surface area (Å²) in [5.74, 6) is 0.299. The Morgan fingerprint density at radius 2 is 1.81 bits per heavy atom. The summed E-state index contributed by atoms with van der Waals surface area (Å²) in [5.41, 5.74) is 2.26. The Labute approximate surface area is 185 Å². The van der Waals surface area contributed by atoms with Crippen molar-refractivity contribution in [2.24, 2.45) is 4.99 Å². The second kappa shape index (κ2) is 15.3. The van der Waals surface area contributed by atoms with Crippen molar-refractivity contribution < 1.29 is 10.6 Å². The highest BCUT2D eigenvalue weighted by atomic mass is 16.3. The Balaban J connectivity index is 0. The third kappa shape index (κ3) is 8.38. The lowest BCUT2D eigenvalue weighted by Gasteiger charge is -2.02. The largest absolute Gasteiger partial charge is 0.435 e. The summed E-state index contributed by atoms with van der Waals surface area (Å²) in [7, 11) is 1.60. The number of oxazole rings is 1. The second-order valence-corrected chi connectivity index (χ2v) is 5.35. The molecule has 1 aliphatic heterocycles. The fraction of sp³-hybridized carbons (Fsp3) is 0.348. The Kier molecular flexibility index (Phi) is 13.6. The first kappa shape index (κ1) is 27.5. The van der Waals surface area contributed by atoms with Crippen LogP contribution in [0.2, 0.25) is 0 Å². The van der Waals surface area contributed by atoms with Crippen molar-refractivity contribution >= 4 is 23.2 Å². The van der Waals surface area contributed by atoms with E-state index in [1.807, 2.05) is 58.0 Å². The lowest BCUT2D eigenvalue weighted by atomic mass is 10.2. The Bertz CT molecular complexity index is 988. The molecule has 0 radical (unpaired) electrons. The van der Waals surface area contributed by atoms with Gasteiger partial charge in [-0.15, -0.1) is 0 Å². The smallest absolute Gasteiger partial charge is 0.269 e. The summed E-state index contributed by atoms with van der Waals surface area (Å²) >= 11 is 0. The lowest BCUT2D eigenvalue weighted by Crippen LogP contribution is -2.19. The number of rotatable bonds is 2. The third-order valence-electron chi connectivity index (χ3n) is 3.52. The quantitative estimate of drug-likeness (QED) is 0.595. The van der Waals surface area contributed by atoms with Crippen LogP contribution >= 0.6 is 0 Å². The number of benzene rings is 1. The van der Waals surface area contributed by atoms with Crippen LogP contribution in [0.15, 0.2) is 62.4 Å². The highest BCUT2D eigenvalue weighted by molar-refractivity contribution is 5.94. The van der Waals surface area contributed by atoms with Gasteiger partial charge in [-0.3, -0.25) is 14.6 Å². The maximum atomic E-state index is 10.9. The van der Waals surface area contributed by atoms with Gasteiger partial charge in [0, 0.05) is 20.8 Å². The zero-order valence-electron chi connectivity index (χ0n) is 18.1. The van der Waals surface area contributed by atoms with Gasteiger partial charge in [0.25, 0.3) is 11.5 Å². The highest BCUT2D eigenvalue weighted by Crippen LogP contribution is 2.21. The van der Waals surface area contributed by atoms with Crippen LogP contribution in [0.4, 0.5) is 0 Å². The molecule has 31 heavy (non-hydrogen) atoms. The van der Waals surface area contributed by atoms with Crippen LogP contribution in [0.5, 0.6) is 0 Å². The molecule has 1 aromatic carbocycles. The number of nitrogens with one attached hydrogen (secondary N) is 2. The normalized spacial score (nSPS) is 11.2. The molecule has 2 N–H and O–H groups in total. The number of likely N-dealkylation sites (N-methyl/N-ethyl adjacent to an activating group) is 1. The zero-order chi connectivity index (χ0) is 22.4. The van der Waals surface area contributed by atoms with Gasteiger partial charge >= 0.3 is 0 Å². The predicted molar refractivity (Wildman–Crippen MR) is 129 cm³/mol. The van der Waals surface area contributed by atoms with Crippen LogP contribution in [0.1, 0.15) is 49.4 Å². The molecule has 2 aromatic heterocycles. The first-order valence-corrected chi connectivity index (χ1v) is 10.0. The molecule has 0 unspecified atom stereocenters. The predicted octanol–water partition coefficient (Wildman–Crippen LogP) is 4.99. The van der Waals surface area contributed by atoms with E-state index in [-0.39, 0.29) is 20.3 Å². The van der Waals surface area contributed by atoms with E-state index in [0.29, 0.717) is 22.9 Å². The highest BCUT2D eigenvalue weighted by Gasteiger charge is 2.08. The SMILES string of the molecule is C.CC.CC.CNC(=O)C1=CCCC=N1.O=c1ccc(-c2nc3ccccc3o2)n[nH]1.[HH].